The molecule has 31 heavy (non-hydrogen) atoms. The minimum absolute atomic E-state index is 0.0947. The van der Waals surface area contributed by atoms with Gasteiger partial charge in [0.1, 0.15) is 35.3 Å². The molecule has 0 bridgehead atoms. The number of ether oxygens (including phenoxy) is 1. The summed E-state index contributed by atoms with van der Waals surface area (Å²) in [4.78, 5) is 12.8. The smallest absolute Gasteiger partial charge is 0.150 e. The van der Waals surface area contributed by atoms with Gasteiger partial charge in [0, 0.05) is 40.4 Å². The number of nitrogens with two attached hydrogens (primary N) is 1. The minimum atomic E-state index is -1.19. The van der Waals surface area contributed by atoms with E-state index in [1.54, 1.807) is 25.8 Å². The SMILES string of the molecule is COc1c(C(C)Nc2ncnc(N)c2C#N)cc(Cl)c(C)c1-c1cncc(S(C)=O)c1. The van der Waals surface area contributed by atoms with Gasteiger partial charge in [0.25, 0.3) is 0 Å². The molecule has 0 amide bonds. The second-order valence-corrected chi connectivity index (χ2v) is 8.59. The van der Waals surface area contributed by atoms with Gasteiger partial charge in [-0.3, -0.25) is 9.19 Å². The van der Waals surface area contributed by atoms with Crippen molar-refractivity contribution in [2.24, 2.45) is 0 Å². The molecule has 0 saturated heterocycles. The van der Waals surface area contributed by atoms with Crippen LogP contribution in [0.5, 0.6) is 5.75 Å². The Labute approximate surface area is 187 Å². The summed E-state index contributed by atoms with van der Waals surface area (Å²) in [7, 11) is 0.385. The molecular formula is C21H21ClN6O2S. The summed E-state index contributed by atoms with van der Waals surface area (Å²) >= 11 is 6.57. The number of nitrogen functional groups attached to an aromatic ring is 1. The van der Waals surface area contributed by atoms with Crippen molar-refractivity contribution in [1.29, 1.82) is 5.26 Å². The molecule has 2 aromatic heterocycles. The second-order valence-electron chi connectivity index (χ2n) is 6.80. The molecule has 10 heteroatoms. The molecule has 3 N–H and O–H groups in total. The summed E-state index contributed by atoms with van der Waals surface area (Å²) in [6.07, 6.45) is 6.14. The summed E-state index contributed by atoms with van der Waals surface area (Å²) in [5.41, 5.74) is 9.00. The monoisotopic (exact) mass is 456 g/mol. The van der Waals surface area contributed by atoms with E-state index in [1.165, 1.54) is 6.33 Å². The maximum Gasteiger partial charge on any atom is 0.150 e. The lowest BCUT2D eigenvalue weighted by atomic mass is 9.94. The molecule has 0 aliphatic carbocycles. The van der Waals surface area contributed by atoms with Gasteiger partial charge in [-0.25, -0.2) is 9.97 Å². The Morgan fingerprint density at radius 3 is 2.71 bits per heavy atom. The normalized spacial score (nSPS) is 12.6. The number of nitriles is 1. The number of benzene rings is 1. The van der Waals surface area contributed by atoms with Crippen LogP contribution in [0.1, 0.15) is 29.7 Å². The fourth-order valence-corrected chi connectivity index (χ4v) is 3.96. The molecule has 160 valence electrons. The summed E-state index contributed by atoms with van der Waals surface area (Å²) in [6.45, 7) is 3.78. The summed E-state index contributed by atoms with van der Waals surface area (Å²) in [5, 5.41) is 13.1. The molecule has 3 aromatic rings. The number of methoxy groups -OCH3 is 1. The third-order valence-corrected chi connectivity index (χ3v) is 6.13. The van der Waals surface area contributed by atoms with Crippen molar-refractivity contribution in [3.8, 4) is 22.9 Å². The van der Waals surface area contributed by atoms with Crippen LogP contribution in [0.25, 0.3) is 11.1 Å². The molecule has 0 saturated carbocycles. The van der Waals surface area contributed by atoms with Gasteiger partial charge in [-0.2, -0.15) is 5.26 Å². The van der Waals surface area contributed by atoms with E-state index in [1.807, 2.05) is 32.0 Å². The Hall–Kier alpha value is -3.22. The molecule has 2 atom stereocenters. The summed E-state index contributed by atoms with van der Waals surface area (Å²) in [5.74, 6) is 0.994. The molecule has 8 nitrogen and oxygen atoms in total. The van der Waals surface area contributed by atoms with Crippen LogP contribution in [-0.2, 0) is 10.8 Å². The lowest BCUT2D eigenvalue weighted by Gasteiger charge is -2.23. The standard InChI is InChI=1S/C21H21ClN6O2S/c1-11-17(22)6-15(12(2)28-21-16(7-23)20(24)26-10-27-21)19(30-3)18(11)13-5-14(31(4)29)9-25-8-13/h5-6,8-10,12H,1-4H3,(H3,24,26,27,28). The Balaban J connectivity index is 2.15. The van der Waals surface area contributed by atoms with Crippen LogP contribution < -0.4 is 15.8 Å². The molecule has 0 radical (unpaired) electrons. The van der Waals surface area contributed by atoms with Crippen molar-refractivity contribution >= 4 is 34.0 Å². The predicted octanol–water partition coefficient (Wildman–Crippen LogP) is 3.87. The first kappa shape index (κ1) is 22.5. The van der Waals surface area contributed by atoms with Crippen LogP contribution in [0.4, 0.5) is 11.6 Å². The highest BCUT2D eigenvalue weighted by Gasteiger charge is 2.23. The Morgan fingerprint density at radius 2 is 2.06 bits per heavy atom. The average Bonchev–Trinajstić information content (AvgIpc) is 2.75. The van der Waals surface area contributed by atoms with Crippen LogP contribution in [0.2, 0.25) is 5.02 Å². The zero-order chi connectivity index (χ0) is 22.7. The van der Waals surface area contributed by atoms with Gasteiger partial charge in [-0.15, -0.1) is 0 Å². The minimum Gasteiger partial charge on any atom is -0.496 e. The van der Waals surface area contributed by atoms with Crippen molar-refractivity contribution in [3.05, 3.63) is 52.6 Å². The Morgan fingerprint density at radius 1 is 1.32 bits per heavy atom. The number of rotatable bonds is 6. The third kappa shape index (κ3) is 4.45. The van der Waals surface area contributed by atoms with Crippen molar-refractivity contribution in [2.75, 3.05) is 24.4 Å². The number of aromatic nitrogens is 3. The zero-order valence-electron chi connectivity index (χ0n) is 17.4. The van der Waals surface area contributed by atoms with Gasteiger partial charge in [-0.1, -0.05) is 11.6 Å². The van der Waals surface area contributed by atoms with E-state index in [2.05, 4.69) is 20.3 Å². The van der Waals surface area contributed by atoms with Crippen LogP contribution in [0.3, 0.4) is 0 Å². The molecule has 2 unspecified atom stereocenters. The topological polar surface area (TPSA) is 127 Å². The first-order chi connectivity index (χ1) is 14.8. The van der Waals surface area contributed by atoms with E-state index < -0.39 is 10.8 Å². The van der Waals surface area contributed by atoms with Gasteiger partial charge in [0.15, 0.2) is 0 Å². The average molecular weight is 457 g/mol. The highest BCUT2D eigenvalue weighted by Crippen LogP contribution is 2.43. The third-order valence-electron chi connectivity index (χ3n) is 4.85. The molecule has 2 heterocycles. The largest absolute Gasteiger partial charge is 0.496 e. The number of hydrogen-bond acceptors (Lipinski definition) is 8. The van der Waals surface area contributed by atoms with Gasteiger partial charge < -0.3 is 15.8 Å². The highest BCUT2D eigenvalue weighted by atomic mass is 35.5. The van der Waals surface area contributed by atoms with E-state index in [0.717, 1.165) is 22.3 Å². The van der Waals surface area contributed by atoms with Crippen molar-refractivity contribution in [3.63, 3.8) is 0 Å². The number of pyridine rings is 1. The Bertz CT molecular complexity index is 1210. The molecular weight excluding hydrogens is 436 g/mol. The lowest BCUT2D eigenvalue weighted by Crippen LogP contribution is -2.13. The van der Waals surface area contributed by atoms with Gasteiger partial charge >= 0.3 is 0 Å². The second kappa shape index (κ2) is 9.29. The quantitative estimate of drug-likeness (QED) is 0.572. The number of anilines is 2. The highest BCUT2D eigenvalue weighted by molar-refractivity contribution is 7.84. The van der Waals surface area contributed by atoms with E-state index >= 15 is 0 Å². The van der Waals surface area contributed by atoms with Crippen molar-refractivity contribution < 1.29 is 8.95 Å². The Kier molecular flexibility index (Phi) is 6.73. The fraction of sp³-hybridized carbons (Fsp3) is 0.238. The summed E-state index contributed by atoms with van der Waals surface area (Å²) in [6, 6.07) is 5.29. The zero-order valence-corrected chi connectivity index (χ0v) is 19.0. The molecule has 0 aliphatic rings. The molecule has 3 rings (SSSR count). The first-order valence-corrected chi connectivity index (χ1v) is 11.1. The molecule has 0 fully saturated rings. The number of halogens is 1. The van der Waals surface area contributed by atoms with Crippen LogP contribution in [0, 0.1) is 18.3 Å². The van der Waals surface area contributed by atoms with Crippen LogP contribution in [-0.4, -0.2) is 32.5 Å². The van der Waals surface area contributed by atoms with E-state index in [-0.39, 0.29) is 17.4 Å². The van der Waals surface area contributed by atoms with E-state index in [9.17, 15) is 9.47 Å². The van der Waals surface area contributed by atoms with Crippen molar-refractivity contribution in [1.82, 2.24) is 15.0 Å². The maximum absolute atomic E-state index is 12.0. The first-order valence-electron chi connectivity index (χ1n) is 9.21. The molecule has 1 aromatic carbocycles. The van der Waals surface area contributed by atoms with E-state index in [4.69, 9.17) is 22.1 Å². The molecule has 0 spiro atoms. The number of hydrogen-bond donors (Lipinski definition) is 2. The van der Waals surface area contributed by atoms with Crippen LogP contribution in [0.15, 0.2) is 35.7 Å². The fourth-order valence-electron chi connectivity index (χ4n) is 3.25. The van der Waals surface area contributed by atoms with Gasteiger partial charge in [-0.05, 0) is 31.5 Å². The molecule has 0 aliphatic heterocycles. The van der Waals surface area contributed by atoms with Crippen LogP contribution >= 0.6 is 11.6 Å². The van der Waals surface area contributed by atoms with E-state index in [0.29, 0.717) is 21.5 Å². The number of nitrogens with one attached hydrogen (secondary N) is 1. The van der Waals surface area contributed by atoms with Gasteiger partial charge in [0.05, 0.1) is 28.8 Å². The predicted molar refractivity (Wildman–Crippen MR) is 122 cm³/mol. The summed E-state index contributed by atoms with van der Waals surface area (Å²) < 4.78 is 17.7. The maximum atomic E-state index is 12.0. The lowest BCUT2D eigenvalue weighted by molar-refractivity contribution is 0.409. The number of nitrogens with zero attached hydrogens (tertiary/aromatic N) is 4. The van der Waals surface area contributed by atoms with Crippen molar-refractivity contribution in [2.45, 2.75) is 24.8 Å². The van der Waals surface area contributed by atoms with Gasteiger partial charge in [0.2, 0.25) is 0 Å².